The number of rotatable bonds is 3. The number of pyridine rings is 1. The Labute approximate surface area is 173 Å². The highest BCUT2D eigenvalue weighted by atomic mass is 35.5. The molecule has 1 aliphatic rings. The van der Waals surface area contributed by atoms with E-state index in [0.717, 1.165) is 58.9 Å². The van der Waals surface area contributed by atoms with Crippen LogP contribution in [-0.2, 0) is 19.5 Å². The average molecular weight is 409 g/mol. The van der Waals surface area contributed by atoms with E-state index in [4.69, 9.17) is 28.2 Å². The summed E-state index contributed by atoms with van der Waals surface area (Å²) in [6.07, 6.45) is 0.954. The SMILES string of the molecule is Clc1ccc(-c2n[nH]c3c2CN(Cc2ccc4ccc(Cl)cc4n2)CC3)cc1. The topological polar surface area (TPSA) is 44.8 Å². The fraction of sp³-hybridized carbons (Fsp3) is 0.182. The maximum atomic E-state index is 6.12. The van der Waals surface area contributed by atoms with Crippen molar-refractivity contribution in [1.82, 2.24) is 20.1 Å². The fourth-order valence-electron chi connectivity index (χ4n) is 3.78. The highest BCUT2D eigenvalue weighted by molar-refractivity contribution is 6.31. The largest absolute Gasteiger partial charge is 0.293 e. The second-order valence-corrected chi connectivity index (χ2v) is 8.01. The summed E-state index contributed by atoms with van der Waals surface area (Å²) >= 11 is 12.2. The predicted molar refractivity (Wildman–Crippen MR) is 114 cm³/mol. The highest BCUT2D eigenvalue weighted by Gasteiger charge is 2.23. The lowest BCUT2D eigenvalue weighted by Gasteiger charge is -2.26. The number of aromatic amines is 1. The lowest BCUT2D eigenvalue weighted by Crippen LogP contribution is -2.30. The van der Waals surface area contributed by atoms with Crippen LogP contribution in [0.15, 0.2) is 54.6 Å². The summed E-state index contributed by atoms with van der Waals surface area (Å²) in [4.78, 5) is 7.21. The Balaban J connectivity index is 1.40. The summed E-state index contributed by atoms with van der Waals surface area (Å²) in [5.74, 6) is 0. The van der Waals surface area contributed by atoms with Gasteiger partial charge < -0.3 is 0 Å². The van der Waals surface area contributed by atoms with Crippen molar-refractivity contribution < 1.29 is 0 Å². The molecule has 0 amide bonds. The number of nitrogens with one attached hydrogen (secondary N) is 1. The van der Waals surface area contributed by atoms with Gasteiger partial charge in [0.1, 0.15) is 0 Å². The molecule has 0 saturated heterocycles. The molecule has 3 heterocycles. The van der Waals surface area contributed by atoms with E-state index in [2.05, 4.69) is 27.2 Å². The molecule has 0 saturated carbocycles. The second kappa shape index (κ2) is 7.21. The third-order valence-corrected chi connectivity index (χ3v) is 5.71. The van der Waals surface area contributed by atoms with Crippen LogP contribution in [-0.4, -0.2) is 26.6 Å². The van der Waals surface area contributed by atoms with E-state index in [0.29, 0.717) is 5.02 Å². The minimum absolute atomic E-state index is 0.714. The normalized spacial score (nSPS) is 14.4. The maximum absolute atomic E-state index is 6.12. The van der Waals surface area contributed by atoms with E-state index in [9.17, 15) is 0 Å². The Hall–Kier alpha value is -2.40. The van der Waals surface area contributed by atoms with Gasteiger partial charge in [-0.3, -0.25) is 15.0 Å². The molecule has 0 bridgehead atoms. The van der Waals surface area contributed by atoms with Crippen molar-refractivity contribution in [3.05, 3.63) is 81.6 Å². The van der Waals surface area contributed by atoms with Gasteiger partial charge in [0.05, 0.1) is 16.9 Å². The molecule has 0 fully saturated rings. The summed E-state index contributed by atoms with van der Waals surface area (Å²) in [6.45, 7) is 2.62. The van der Waals surface area contributed by atoms with E-state index in [1.54, 1.807) is 0 Å². The quantitative estimate of drug-likeness (QED) is 0.487. The first-order valence-corrected chi connectivity index (χ1v) is 10.0. The first kappa shape index (κ1) is 17.7. The van der Waals surface area contributed by atoms with Crippen LogP contribution < -0.4 is 0 Å². The van der Waals surface area contributed by atoms with E-state index in [1.165, 1.54) is 11.3 Å². The fourth-order valence-corrected chi connectivity index (χ4v) is 4.07. The van der Waals surface area contributed by atoms with Crippen molar-refractivity contribution in [1.29, 1.82) is 0 Å². The molecule has 0 radical (unpaired) electrons. The zero-order valence-corrected chi connectivity index (χ0v) is 16.6. The van der Waals surface area contributed by atoms with Crippen LogP contribution in [0.2, 0.25) is 10.0 Å². The Morgan fingerprint density at radius 2 is 1.75 bits per heavy atom. The monoisotopic (exact) mass is 408 g/mol. The first-order valence-electron chi connectivity index (χ1n) is 9.25. The van der Waals surface area contributed by atoms with Gasteiger partial charge in [-0.05, 0) is 30.3 Å². The number of nitrogens with zero attached hydrogens (tertiary/aromatic N) is 3. The van der Waals surface area contributed by atoms with Gasteiger partial charge in [0.2, 0.25) is 0 Å². The summed E-state index contributed by atoms with van der Waals surface area (Å²) in [7, 11) is 0. The summed E-state index contributed by atoms with van der Waals surface area (Å²) in [5.41, 5.74) is 6.57. The van der Waals surface area contributed by atoms with Crippen LogP contribution in [0.4, 0.5) is 0 Å². The maximum Gasteiger partial charge on any atom is 0.0968 e. The van der Waals surface area contributed by atoms with Crippen LogP contribution in [0.3, 0.4) is 0 Å². The van der Waals surface area contributed by atoms with Gasteiger partial charge >= 0.3 is 0 Å². The molecule has 0 unspecified atom stereocenters. The number of halogens is 2. The Kier molecular flexibility index (Phi) is 4.55. The zero-order chi connectivity index (χ0) is 19.1. The van der Waals surface area contributed by atoms with Crippen molar-refractivity contribution in [3.63, 3.8) is 0 Å². The van der Waals surface area contributed by atoms with Crippen LogP contribution >= 0.6 is 23.2 Å². The second-order valence-electron chi connectivity index (χ2n) is 7.14. The highest BCUT2D eigenvalue weighted by Crippen LogP contribution is 2.30. The molecular formula is C22H18Cl2N4. The number of H-pyrrole nitrogens is 1. The third-order valence-electron chi connectivity index (χ3n) is 5.23. The number of benzene rings is 2. The van der Waals surface area contributed by atoms with Crippen LogP contribution in [0.1, 0.15) is 17.0 Å². The minimum atomic E-state index is 0.714. The van der Waals surface area contributed by atoms with Crippen molar-refractivity contribution in [2.45, 2.75) is 19.5 Å². The molecule has 1 N–H and O–H groups in total. The number of aromatic nitrogens is 3. The molecule has 4 nitrogen and oxygen atoms in total. The van der Waals surface area contributed by atoms with Crippen LogP contribution in [0.25, 0.3) is 22.2 Å². The third kappa shape index (κ3) is 3.39. The van der Waals surface area contributed by atoms with Crippen molar-refractivity contribution in [3.8, 4) is 11.3 Å². The molecule has 28 heavy (non-hydrogen) atoms. The summed E-state index contributed by atoms with van der Waals surface area (Å²) < 4.78 is 0. The molecule has 2 aromatic carbocycles. The number of hydrogen-bond acceptors (Lipinski definition) is 3. The van der Waals surface area contributed by atoms with E-state index in [1.807, 2.05) is 42.5 Å². The van der Waals surface area contributed by atoms with Gasteiger partial charge in [-0.15, -0.1) is 0 Å². The van der Waals surface area contributed by atoms with E-state index >= 15 is 0 Å². The van der Waals surface area contributed by atoms with Crippen molar-refractivity contribution in [2.75, 3.05) is 6.54 Å². The first-order chi connectivity index (χ1) is 13.7. The smallest absolute Gasteiger partial charge is 0.0968 e. The van der Waals surface area contributed by atoms with Gasteiger partial charge in [-0.1, -0.05) is 47.5 Å². The molecule has 6 heteroatoms. The number of hydrogen-bond donors (Lipinski definition) is 1. The van der Waals surface area contributed by atoms with Crippen molar-refractivity contribution >= 4 is 34.1 Å². The number of fused-ring (bicyclic) bond motifs is 2. The Morgan fingerprint density at radius 3 is 2.61 bits per heavy atom. The van der Waals surface area contributed by atoms with Gasteiger partial charge in [0.25, 0.3) is 0 Å². The molecule has 140 valence electrons. The van der Waals surface area contributed by atoms with E-state index < -0.39 is 0 Å². The predicted octanol–water partition coefficient (Wildman–Crippen LogP) is 5.49. The van der Waals surface area contributed by atoms with Gasteiger partial charge in [-0.2, -0.15) is 5.10 Å². The van der Waals surface area contributed by atoms with Gasteiger partial charge in [-0.25, -0.2) is 0 Å². The molecule has 1 aliphatic heterocycles. The minimum Gasteiger partial charge on any atom is -0.293 e. The lowest BCUT2D eigenvalue weighted by atomic mass is 10.0. The molecule has 0 spiro atoms. The summed E-state index contributed by atoms with van der Waals surface area (Å²) in [5, 5.41) is 10.3. The van der Waals surface area contributed by atoms with Crippen LogP contribution in [0, 0.1) is 0 Å². The van der Waals surface area contributed by atoms with Crippen LogP contribution in [0.5, 0.6) is 0 Å². The summed E-state index contributed by atoms with van der Waals surface area (Å²) in [6, 6.07) is 17.9. The molecule has 4 aromatic rings. The molecule has 0 atom stereocenters. The lowest BCUT2D eigenvalue weighted by molar-refractivity contribution is 0.242. The van der Waals surface area contributed by atoms with E-state index in [-0.39, 0.29) is 0 Å². The standard InChI is InChI=1S/C22H18Cl2N4/c23-16-5-2-15(3-6-16)22-19-13-28(10-9-20(19)26-27-22)12-18-8-4-14-1-7-17(24)11-21(14)25-18/h1-8,11H,9-10,12-13H2,(H,26,27). The van der Waals surface area contributed by atoms with Gasteiger partial charge in [0.15, 0.2) is 0 Å². The molecule has 0 aliphatic carbocycles. The molecular weight excluding hydrogens is 391 g/mol. The van der Waals surface area contributed by atoms with Gasteiger partial charge in [0, 0.05) is 58.3 Å². The molecule has 5 rings (SSSR count). The van der Waals surface area contributed by atoms with Crippen molar-refractivity contribution in [2.24, 2.45) is 0 Å². The Bertz CT molecular complexity index is 1150. The molecule has 2 aromatic heterocycles. The average Bonchev–Trinajstić information content (AvgIpc) is 3.11. The Morgan fingerprint density at radius 1 is 0.964 bits per heavy atom. The zero-order valence-electron chi connectivity index (χ0n) is 15.1.